The van der Waals surface area contributed by atoms with E-state index in [1.54, 1.807) is 30.5 Å². The number of hydrogen-bond donors (Lipinski definition) is 1. The van der Waals surface area contributed by atoms with Gasteiger partial charge >= 0.3 is 0 Å². The summed E-state index contributed by atoms with van der Waals surface area (Å²) in [5.74, 6) is -0.541. The van der Waals surface area contributed by atoms with Gasteiger partial charge in [-0.15, -0.1) is 0 Å². The zero-order chi connectivity index (χ0) is 18.6. The third-order valence-corrected chi connectivity index (χ3v) is 5.82. The van der Waals surface area contributed by atoms with Gasteiger partial charge in [0.05, 0.1) is 0 Å². The number of halogens is 1. The first-order valence-electron chi connectivity index (χ1n) is 10.1. The molecule has 0 bridgehead atoms. The highest BCUT2D eigenvalue weighted by molar-refractivity contribution is 5.92. The second kappa shape index (κ2) is 8.21. The molecule has 1 aliphatic heterocycles. The molecule has 0 radical (unpaired) electrons. The summed E-state index contributed by atoms with van der Waals surface area (Å²) in [6.45, 7) is 1.98. The number of hydrogen-bond acceptors (Lipinski definition) is 3. The fourth-order valence-electron chi connectivity index (χ4n) is 4.34. The number of benzene rings is 1. The van der Waals surface area contributed by atoms with Gasteiger partial charge in [-0.25, -0.2) is 9.07 Å². The molecule has 1 saturated carbocycles. The lowest BCUT2D eigenvalue weighted by Crippen LogP contribution is -2.40. The van der Waals surface area contributed by atoms with Crippen molar-refractivity contribution < 1.29 is 9.18 Å². The van der Waals surface area contributed by atoms with Crippen LogP contribution in [0.15, 0.2) is 36.5 Å². The first kappa shape index (κ1) is 18.2. The topological polar surface area (TPSA) is 50.2 Å². The summed E-state index contributed by atoms with van der Waals surface area (Å²) in [5, 5.41) is 7.36. The van der Waals surface area contributed by atoms with Gasteiger partial charge in [0.1, 0.15) is 11.5 Å². The van der Waals surface area contributed by atoms with E-state index in [1.165, 1.54) is 49.3 Å². The van der Waals surface area contributed by atoms with Crippen LogP contribution < -0.4 is 5.32 Å². The highest BCUT2D eigenvalue weighted by Crippen LogP contribution is 2.25. The second-order valence-electron chi connectivity index (χ2n) is 7.70. The molecule has 27 heavy (non-hydrogen) atoms. The van der Waals surface area contributed by atoms with Gasteiger partial charge in [-0.3, -0.25) is 9.69 Å². The molecule has 1 saturated heterocycles. The van der Waals surface area contributed by atoms with E-state index in [0.29, 0.717) is 17.4 Å². The van der Waals surface area contributed by atoms with Crippen LogP contribution in [0.2, 0.25) is 0 Å². The van der Waals surface area contributed by atoms with Crippen molar-refractivity contribution in [2.45, 2.75) is 57.0 Å². The Bertz CT molecular complexity index is 782. The number of nitrogens with one attached hydrogen (secondary N) is 1. The van der Waals surface area contributed by atoms with Crippen molar-refractivity contribution in [3.05, 3.63) is 48.0 Å². The van der Waals surface area contributed by atoms with Crippen LogP contribution >= 0.6 is 0 Å². The maximum Gasteiger partial charge on any atom is 0.272 e. The summed E-state index contributed by atoms with van der Waals surface area (Å²) < 4.78 is 15.3. The normalized spacial score (nSPS) is 21.9. The third-order valence-electron chi connectivity index (χ3n) is 5.82. The summed E-state index contributed by atoms with van der Waals surface area (Å²) in [6, 6.07) is 8.90. The molecule has 6 heteroatoms. The quantitative estimate of drug-likeness (QED) is 0.838. The molecule has 1 aromatic carbocycles. The van der Waals surface area contributed by atoms with Crippen LogP contribution in [-0.4, -0.2) is 45.8 Å². The van der Waals surface area contributed by atoms with Gasteiger partial charge in [0.2, 0.25) is 0 Å². The molecule has 4 rings (SSSR count). The highest BCUT2D eigenvalue weighted by atomic mass is 19.1. The number of rotatable bonds is 4. The number of likely N-dealkylation sites (tertiary alicyclic amines) is 1. The van der Waals surface area contributed by atoms with E-state index in [0.717, 1.165) is 19.5 Å². The second-order valence-corrected chi connectivity index (χ2v) is 7.70. The van der Waals surface area contributed by atoms with Gasteiger partial charge in [0.15, 0.2) is 5.69 Å². The Labute approximate surface area is 159 Å². The Hall–Kier alpha value is -2.21. The minimum Gasteiger partial charge on any atom is -0.347 e. The molecular formula is C21H27FN4O. The van der Waals surface area contributed by atoms with E-state index in [2.05, 4.69) is 15.3 Å². The summed E-state index contributed by atoms with van der Waals surface area (Å²) in [7, 11) is 0. The maximum absolute atomic E-state index is 13.9. The molecule has 0 spiro atoms. The van der Waals surface area contributed by atoms with E-state index in [9.17, 15) is 9.18 Å². The lowest BCUT2D eigenvalue weighted by atomic mass is 10.1. The van der Waals surface area contributed by atoms with Gasteiger partial charge in [-0.05, 0) is 37.5 Å². The van der Waals surface area contributed by atoms with Crippen molar-refractivity contribution in [3.63, 3.8) is 0 Å². The van der Waals surface area contributed by atoms with Crippen LogP contribution in [0.3, 0.4) is 0 Å². The summed E-state index contributed by atoms with van der Waals surface area (Å²) >= 11 is 0. The van der Waals surface area contributed by atoms with Crippen molar-refractivity contribution in [2.24, 2.45) is 0 Å². The zero-order valence-electron chi connectivity index (χ0n) is 15.6. The Morgan fingerprint density at radius 2 is 1.85 bits per heavy atom. The highest BCUT2D eigenvalue weighted by Gasteiger charge is 2.29. The molecule has 144 valence electrons. The van der Waals surface area contributed by atoms with Crippen LogP contribution in [-0.2, 0) is 0 Å². The van der Waals surface area contributed by atoms with E-state index in [4.69, 9.17) is 0 Å². The molecule has 1 atom stereocenters. The molecule has 1 unspecified atom stereocenters. The van der Waals surface area contributed by atoms with Crippen LogP contribution in [0.25, 0.3) is 5.69 Å². The molecule has 2 fully saturated rings. The van der Waals surface area contributed by atoms with Crippen molar-refractivity contribution in [3.8, 4) is 5.69 Å². The Morgan fingerprint density at radius 1 is 1.07 bits per heavy atom. The van der Waals surface area contributed by atoms with Gasteiger partial charge in [-0.2, -0.15) is 5.10 Å². The number of aromatic nitrogens is 2. The average Bonchev–Trinajstić information content (AvgIpc) is 3.26. The summed E-state index contributed by atoms with van der Waals surface area (Å²) in [4.78, 5) is 15.1. The molecule has 1 amide bonds. The van der Waals surface area contributed by atoms with Crippen molar-refractivity contribution >= 4 is 5.91 Å². The van der Waals surface area contributed by atoms with Crippen LogP contribution in [0.1, 0.15) is 55.4 Å². The maximum atomic E-state index is 13.9. The Balaban J connectivity index is 1.35. The van der Waals surface area contributed by atoms with E-state index in [1.807, 2.05) is 0 Å². The zero-order valence-corrected chi connectivity index (χ0v) is 15.6. The van der Waals surface area contributed by atoms with Gasteiger partial charge in [-0.1, -0.05) is 37.8 Å². The number of carbonyl (C=O) groups is 1. The predicted molar refractivity (Wildman–Crippen MR) is 102 cm³/mol. The van der Waals surface area contributed by atoms with E-state index < -0.39 is 0 Å². The Kier molecular flexibility index (Phi) is 5.53. The van der Waals surface area contributed by atoms with Gasteiger partial charge in [0.25, 0.3) is 5.91 Å². The lowest BCUT2D eigenvalue weighted by molar-refractivity contribution is 0.0930. The number of para-hydroxylation sites is 1. The van der Waals surface area contributed by atoms with Crippen molar-refractivity contribution in [1.82, 2.24) is 20.0 Å². The van der Waals surface area contributed by atoms with Crippen LogP contribution in [0.4, 0.5) is 4.39 Å². The number of nitrogens with zero attached hydrogens (tertiary/aromatic N) is 3. The van der Waals surface area contributed by atoms with Gasteiger partial charge in [0, 0.05) is 31.4 Å². The first-order valence-corrected chi connectivity index (χ1v) is 10.1. The molecule has 1 aliphatic carbocycles. The predicted octanol–water partition coefficient (Wildman–Crippen LogP) is 3.54. The molecule has 2 aromatic rings. The molecule has 2 aliphatic rings. The fourth-order valence-corrected chi connectivity index (χ4v) is 4.34. The minimum atomic E-state index is -0.359. The summed E-state index contributed by atoms with van der Waals surface area (Å²) in [5.41, 5.74) is 0.670. The van der Waals surface area contributed by atoms with E-state index in [-0.39, 0.29) is 17.8 Å². The van der Waals surface area contributed by atoms with E-state index >= 15 is 0 Å². The monoisotopic (exact) mass is 370 g/mol. The van der Waals surface area contributed by atoms with Crippen LogP contribution in [0, 0.1) is 5.82 Å². The number of carbonyl (C=O) groups excluding carboxylic acids is 1. The third kappa shape index (κ3) is 4.21. The standard InChI is InChI=1S/C21H27FN4O/c22-18-9-5-6-10-20(18)26-14-12-19(24-26)21(27)23-16-11-13-25(15-16)17-7-3-1-2-4-8-17/h5-6,9-10,12,14,16-17H,1-4,7-8,11,13,15H2,(H,23,27). The SMILES string of the molecule is O=C(NC1CCN(C2CCCCCC2)C1)c1ccn(-c2ccccc2F)n1. The smallest absolute Gasteiger partial charge is 0.272 e. The average molecular weight is 370 g/mol. The molecule has 1 N–H and O–H groups in total. The minimum absolute atomic E-state index is 0.166. The lowest BCUT2D eigenvalue weighted by Gasteiger charge is -2.26. The fraction of sp³-hybridized carbons (Fsp3) is 0.524. The molecule has 1 aromatic heterocycles. The van der Waals surface area contributed by atoms with Gasteiger partial charge < -0.3 is 5.32 Å². The van der Waals surface area contributed by atoms with Crippen LogP contribution in [0.5, 0.6) is 0 Å². The summed E-state index contributed by atoms with van der Waals surface area (Å²) in [6.07, 6.45) is 10.5. The first-order chi connectivity index (χ1) is 13.2. The number of amides is 1. The van der Waals surface area contributed by atoms with Crippen molar-refractivity contribution in [2.75, 3.05) is 13.1 Å². The largest absolute Gasteiger partial charge is 0.347 e. The van der Waals surface area contributed by atoms with Crippen molar-refractivity contribution in [1.29, 1.82) is 0 Å². The molecular weight excluding hydrogens is 343 g/mol. The molecule has 5 nitrogen and oxygen atoms in total. The molecule has 2 heterocycles. The Morgan fingerprint density at radius 3 is 2.63 bits per heavy atom.